The number of anilines is 3. The van der Waals surface area contributed by atoms with Gasteiger partial charge in [0.05, 0.1) is 11.4 Å². The molecule has 3 aromatic rings. The maximum Gasteiger partial charge on any atom is 0.573 e. The van der Waals surface area contributed by atoms with Crippen molar-refractivity contribution in [2.45, 2.75) is 12.4 Å². The van der Waals surface area contributed by atoms with Gasteiger partial charge in [-0.15, -0.1) is 13.2 Å². The lowest BCUT2D eigenvalue weighted by atomic mass is 10.0. The third kappa shape index (κ3) is 9.80. The van der Waals surface area contributed by atoms with Crippen LogP contribution >= 0.6 is 0 Å². The first-order chi connectivity index (χ1) is 18.5. The Hall–Kier alpha value is -4.35. The van der Waals surface area contributed by atoms with Crippen LogP contribution in [0, 0.1) is 0 Å². The summed E-state index contributed by atoms with van der Waals surface area (Å²) < 4.78 is 41.1. The predicted molar refractivity (Wildman–Crippen MR) is 146 cm³/mol. The van der Waals surface area contributed by atoms with Gasteiger partial charge in [0.15, 0.2) is 0 Å². The Morgan fingerprint density at radius 2 is 1.64 bits per heavy atom. The monoisotopic (exact) mass is 541 g/mol. The fraction of sp³-hybridized carbons (Fsp3) is 0.214. The van der Waals surface area contributed by atoms with Gasteiger partial charge in [0.1, 0.15) is 11.8 Å². The standard InChI is InChI=1S/C28H30F3N5O3/c1-36(2)18-17-33-26(27(38)34-21-12-14-22(15-13-21)39-28(29,30)31)20-10-7-19(8-11-20)9-16-25(37)35-24-6-4-3-5-23(24)32/h3-16,26,33H,17-18,32H2,1-2H3,(H,34,38)(H,35,37). The average molecular weight is 542 g/mol. The van der Waals surface area contributed by atoms with E-state index in [-0.39, 0.29) is 17.6 Å². The first-order valence-corrected chi connectivity index (χ1v) is 12.0. The number of para-hydroxylation sites is 2. The molecule has 0 spiro atoms. The normalized spacial score (nSPS) is 12.4. The summed E-state index contributed by atoms with van der Waals surface area (Å²) in [5, 5.41) is 8.65. The minimum absolute atomic E-state index is 0.318. The van der Waals surface area contributed by atoms with Crippen molar-refractivity contribution in [3.8, 4) is 5.75 Å². The molecule has 0 aliphatic heterocycles. The van der Waals surface area contributed by atoms with Crippen molar-refractivity contribution in [3.05, 3.63) is 90.0 Å². The van der Waals surface area contributed by atoms with Crippen molar-refractivity contribution in [2.75, 3.05) is 43.6 Å². The van der Waals surface area contributed by atoms with Crippen molar-refractivity contribution in [3.63, 3.8) is 0 Å². The zero-order chi connectivity index (χ0) is 28.4. The molecule has 0 radical (unpaired) electrons. The molecular formula is C28H30F3N5O3. The summed E-state index contributed by atoms with van der Waals surface area (Å²) in [6, 6.07) is 18.2. The lowest BCUT2D eigenvalue weighted by Crippen LogP contribution is -2.36. The van der Waals surface area contributed by atoms with E-state index in [2.05, 4.69) is 20.7 Å². The number of nitrogens with one attached hydrogen (secondary N) is 3. The van der Waals surface area contributed by atoms with E-state index in [4.69, 9.17) is 5.73 Å². The Morgan fingerprint density at radius 1 is 0.974 bits per heavy atom. The van der Waals surface area contributed by atoms with Crippen molar-refractivity contribution < 1.29 is 27.5 Å². The molecule has 8 nitrogen and oxygen atoms in total. The number of carbonyl (C=O) groups excluding carboxylic acids is 2. The van der Waals surface area contributed by atoms with Gasteiger partial charge in [-0.2, -0.15) is 0 Å². The van der Waals surface area contributed by atoms with E-state index in [0.717, 1.165) is 17.7 Å². The molecule has 11 heteroatoms. The van der Waals surface area contributed by atoms with Gasteiger partial charge < -0.3 is 31.3 Å². The number of benzene rings is 3. The summed E-state index contributed by atoms with van der Waals surface area (Å²) >= 11 is 0. The SMILES string of the molecule is CN(C)CCNC(C(=O)Nc1ccc(OC(F)(F)F)cc1)c1ccc(C=CC(=O)Nc2ccccc2N)cc1. The second-order valence-electron chi connectivity index (χ2n) is 8.83. The minimum Gasteiger partial charge on any atom is -0.406 e. The van der Waals surface area contributed by atoms with Gasteiger partial charge in [-0.3, -0.25) is 9.59 Å². The molecule has 0 aliphatic carbocycles. The molecule has 0 bridgehead atoms. The highest BCUT2D eigenvalue weighted by atomic mass is 19.4. The summed E-state index contributed by atoms with van der Waals surface area (Å²) in [7, 11) is 3.81. The zero-order valence-corrected chi connectivity index (χ0v) is 21.5. The fourth-order valence-electron chi connectivity index (χ4n) is 3.51. The molecule has 0 heterocycles. The predicted octanol–water partition coefficient (Wildman–Crippen LogP) is 4.65. The molecule has 3 aromatic carbocycles. The molecule has 0 saturated heterocycles. The van der Waals surface area contributed by atoms with Gasteiger partial charge in [-0.25, -0.2) is 0 Å². The number of nitrogen functional groups attached to an aromatic ring is 1. The second-order valence-corrected chi connectivity index (χ2v) is 8.83. The molecule has 1 atom stereocenters. The van der Waals surface area contributed by atoms with Crippen LogP contribution in [-0.2, 0) is 9.59 Å². The van der Waals surface area contributed by atoms with Crippen LogP contribution in [0.2, 0.25) is 0 Å². The van der Waals surface area contributed by atoms with E-state index in [1.54, 1.807) is 54.6 Å². The van der Waals surface area contributed by atoms with Gasteiger partial charge >= 0.3 is 6.36 Å². The Bertz CT molecular complexity index is 1280. The van der Waals surface area contributed by atoms with E-state index in [9.17, 15) is 22.8 Å². The van der Waals surface area contributed by atoms with Crippen LogP contribution in [0.5, 0.6) is 5.75 Å². The third-order valence-electron chi connectivity index (χ3n) is 5.44. The Balaban J connectivity index is 1.68. The summed E-state index contributed by atoms with van der Waals surface area (Å²) in [5.41, 5.74) is 8.55. The largest absolute Gasteiger partial charge is 0.573 e. The van der Waals surface area contributed by atoms with E-state index in [1.807, 2.05) is 19.0 Å². The molecule has 2 amide bonds. The molecule has 5 N–H and O–H groups in total. The first-order valence-electron chi connectivity index (χ1n) is 12.0. The van der Waals surface area contributed by atoms with Crippen LogP contribution < -0.4 is 26.4 Å². The van der Waals surface area contributed by atoms with Gasteiger partial charge in [-0.1, -0.05) is 36.4 Å². The minimum atomic E-state index is -4.80. The quantitative estimate of drug-likeness (QED) is 0.208. The van der Waals surface area contributed by atoms with Crippen molar-refractivity contribution in [1.29, 1.82) is 0 Å². The maximum atomic E-state index is 13.1. The summed E-state index contributed by atoms with van der Waals surface area (Å²) in [6.45, 7) is 1.18. The number of hydrogen-bond donors (Lipinski definition) is 4. The highest BCUT2D eigenvalue weighted by molar-refractivity contribution is 6.03. The topological polar surface area (TPSA) is 109 Å². The Kier molecular flexibility index (Phi) is 10.1. The number of halogens is 3. The molecular weight excluding hydrogens is 511 g/mol. The highest BCUT2D eigenvalue weighted by Crippen LogP contribution is 2.25. The van der Waals surface area contributed by atoms with Crippen LogP contribution in [0.25, 0.3) is 6.08 Å². The average Bonchev–Trinajstić information content (AvgIpc) is 2.87. The molecule has 3 rings (SSSR count). The number of nitrogens with zero attached hydrogens (tertiary/aromatic N) is 1. The third-order valence-corrected chi connectivity index (χ3v) is 5.44. The zero-order valence-electron chi connectivity index (χ0n) is 21.5. The highest BCUT2D eigenvalue weighted by Gasteiger charge is 2.31. The molecule has 0 saturated carbocycles. The van der Waals surface area contributed by atoms with Gasteiger partial charge in [-0.05, 0) is 67.7 Å². The second kappa shape index (κ2) is 13.4. The molecule has 1 unspecified atom stereocenters. The number of amides is 2. The number of rotatable bonds is 11. The lowest BCUT2D eigenvalue weighted by Gasteiger charge is -2.20. The number of carbonyl (C=O) groups is 2. The number of ether oxygens (including phenoxy) is 1. The number of hydrogen-bond acceptors (Lipinski definition) is 6. The Morgan fingerprint density at radius 3 is 2.26 bits per heavy atom. The fourth-order valence-corrected chi connectivity index (χ4v) is 3.51. The molecule has 39 heavy (non-hydrogen) atoms. The van der Waals surface area contributed by atoms with Crippen LogP contribution in [-0.4, -0.2) is 50.3 Å². The van der Waals surface area contributed by atoms with Crippen LogP contribution in [0.4, 0.5) is 30.2 Å². The van der Waals surface area contributed by atoms with Crippen LogP contribution in [0.1, 0.15) is 17.2 Å². The summed E-state index contributed by atoms with van der Waals surface area (Å²) in [6.07, 6.45) is -1.78. The van der Waals surface area contributed by atoms with Gasteiger partial charge in [0.2, 0.25) is 11.8 Å². The van der Waals surface area contributed by atoms with Gasteiger partial charge in [0.25, 0.3) is 0 Å². The summed E-state index contributed by atoms with van der Waals surface area (Å²) in [4.78, 5) is 27.3. The van der Waals surface area contributed by atoms with Crippen LogP contribution in [0.3, 0.4) is 0 Å². The maximum absolute atomic E-state index is 13.1. The van der Waals surface area contributed by atoms with E-state index < -0.39 is 12.4 Å². The molecule has 0 aromatic heterocycles. The molecule has 206 valence electrons. The summed E-state index contributed by atoms with van der Waals surface area (Å²) in [5.74, 6) is -1.11. The number of nitrogens with two attached hydrogens (primary N) is 1. The first kappa shape index (κ1) is 29.2. The van der Waals surface area contributed by atoms with E-state index in [0.29, 0.717) is 35.7 Å². The molecule has 0 fully saturated rings. The van der Waals surface area contributed by atoms with Crippen molar-refractivity contribution in [2.24, 2.45) is 0 Å². The van der Waals surface area contributed by atoms with E-state index in [1.165, 1.54) is 18.2 Å². The van der Waals surface area contributed by atoms with Crippen molar-refractivity contribution >= 4 is 35.0 Å². The van der Waals surface area contributed by atoms with Crippen molar-refractivity contribution in [1.82, 2.24) is 10.2 Å². The van der Waals surface area contributed by atoms with Crippen LogP contribution in [0.15, 0.2) is 78.9 Å². The lowest BCUT2D eigenvalue weighted by molar-refractivity contribution is -0.274. The number of alkyl halides is 3. The van der Waals surface area contributed by atoms with Gasteiger partial charge in [0, 0.05) is 24.9 Å². The Labute approximate surface area is 224 Å². The molecule has 0 aliphatic rings. The van der Waals surface area contributed by atoms with E-state index >= 15 is 0 Å². The number of likely N-dealkylation sites (N-methyl/N-ethyl adjacent to an activating group) is 1. The smallest absolute Gasteiger partial charge is 0.406 e.